The molecule has 2 aliphatic rings. The summed E-state index contributed by atoms with van der Waals surface area (Å²) in [5, 5.41) is 9.17. The Labute approximate surface area is 165 Å². The van der Waals surface area contributed by atoms with Crippen LogP contribution in [0, 0.1) is 5.92 Å². The fourth-order valence-electron chi connectivity index (χ4n) is 4.02. The number of carboxylic acids is 1. The maximum atomic E-state index is 11.1. The normalized spacial score (nSPS) is 19.0. The summed E-state index contributed by atoms with van der Waals surface area (Å²) in [4.78, 5) is 27.0. The predicted molar refractivity (Wildman–Crippen MR) is 109 cm³/mol. The summed E-state index contributed by atoms with van der Waals surface area (Å²) in [6.45, 7) is 6.38. The highest BCUT2D eigenvalue weighted by atomic mass is 16.4. The van der Waals surface area contributed by atoms with Gasteiger partial charge < -0.3 is 14.9 Å². The molecule has 1 aromatic carbocycles. The number of carbonyl (C=O) groups is 1. The molecular formula is C21H27N5O2. The Hall–Kier alpha value is -2.67. The summed E-state index contributed by atoms with van der Waals surface area (Å²) < 4.78 is 0. The molecule has 1 N–H and O–H groups in total. The van der Waals surface area contributed by atoms with E-state index in [0.717, 1.165) is 57.4 Å². The van der Waals surface area contributed by atoms with Gasteiger partial charge in [-0.3, -0.25) is 9.69 Å². The molecule has 2 saturated heterocycles. The van der Waals surface area contributed by atoms with E-state index in [-0.39, 0.29) is 5.92 Å². The molecule has 2 fully saturated rings. The van der Waals surface area contributed by atoms with Gasteiger partial charge in [0.1, 0.15) is 18.0 Å². The number of aromatic nitrogens is 2. The van der Waals surface area contributed by atoms with Crippen LogP contribution in [0.15, 0.2) is 42.7 Å². The van der Waals surface area contributed by atoms with Gasteiger partial charge in [0.15, 0.2) is 0 Å². The summed E-state index contributed by atoms with van der Waals surface area (Å²) in [6, 6.07) is 12.6. The SMILES string of the molecule is O=C(O)C1CCN(c2cc(N3CCN(Cc4ccccc4)CC3)ncn2)CC1. The van der Waals surface area contributed by atoms with Gasteiger partial charge in [0, 0.05) is 51.9 Å². The van der Waals surface area contributed by atoms with Crippen LogP contribution in [0.5, 0.6) is 0 Å². The van der Waals surface area contributed by atoms with E-state index in [1.165, 1.54) is 5.56 Å². The minimum absolute atomic E-state index is 0.227. The quantitative estimate of drug-likeness (QED) is 0.850. The number of rotatable bonds is 5. The number of nitrogens with zero attached hydrogens (tertiary/aromatic N) is 5. The molecule has 0 aliphatic carbocycles. The Morgan fingerprint density at radius 1 is 0.929 bits per heavy atom. The molecule has 0 unspecified atom stereocenters. The molecule has 3 heterocycles. The van der Waals surface area contributed by atoms with E-state index in [1.807, 2.05) is 6.07 Å². The number of piperazine rings is 1. The summed E-state index contributed by atoms with van der Waals surface area (Å²) in [7, 11) is 0. The van der Waals surface area contributed by atoms with Crippen molar-refractivity contribution in [3.05, 3.63) is 48.3 Å². The molecule has 2 aliphatic heterocycles. The van der Waals surface area contributed by atoms with Crippen molar-refractivity contribution in [2.75, 3.05) is 49.1 Å². The van der Waals surface area contributed by atoms with Crippen molar-refractivity contribution in [3.63, 3.8) is 0 Å². The van der Waals surface area contributed by atoms with Crippen molar-refractivity contribution in [3.8, 4) is 0 Å². The smallest absolute Gasteiger partial charge is 0.306 e. The zero-order valence-electron chi connectivity index (χ0n) is 16.1. The van der Waals surface area contributed by atoms with E-state index in [4.69, 9.17) is 5.11 Å². The number of hydrogen-bond acceptors (Lipinski definition) is 6. The fraction of sp³-hybridized carbons (Fsp3) is 0.476. The van der Waals surface area contributed by atoms with Crippen molar-refractivity contribution < 1.29 is 9.90 Å². The molecule has 28 heavy (non-hydrogen) atoms. The van der Waals surface area contributed by atoms with E-state index in [9.17, 15) is 4.79 Å². The molecule has 7 heteroatoms. The van der Waals surface area contributed by atoms with Crippen LogP contribution in [-0.4, -0.2) is 65.2 Å². The Morgan fingerprint density at radius 3 is 2.14 bits per heavy atom. The zero-order valence-corrected chi connectivity index (χ0v) is 16.1. The molecule has 148 valence electrons. The number of aliphatic carboxylic acids is 1. The molecule has 1 aromatic heterocycles. The molecule has 0 atom stereocenters. The van der Waals surface area contributed by atoms with Gasteiger partial charge in [0.05, 0.1) is 5.92 Å². The molecule has 7 nitrogen and oxygen atoms in total. The largest absolute Gasteiger partial charge is 0.481 e. The molecule has 0 radical (unpaired) electrons. The summed E-state index contributed by atoms with van der Waals surface area (Å²) in [5.41, 5.74) is 1.35. The van der Waals surface area contributed by atoms with Crippen LogP contribution in [-0.2, 0) is 11.3 Å². The first-order chi connectivity index (χ1) is 13.7. The molecule has 0 spiro atoms. The molecule has 0 saturated carbocycles. The van der Waals surface area contributed by atoms with E-state index in [1.54, 1.807) is 6.33 Å². The van der Waals surface area contributed by atoms with Crippen molar-refractivity contribution in [2.45, 2.75) is 19.4 Å². The molecule has 2 aromatic rings. The molecule has 0 bridgehead atoms. The third-order valence-electron chi connectivity index (χ3n) is 5.75. The Bertz CT molecular complexity index is 784. The van der Waals surface area contributed by atoms with Crippen molar-refractivity contribution in [1.29, 1.82) is 0 Å². The predicted octanol–water partition coefficient (Wildman–Crippen LogP) is 2.10. The average molecular weight is 381 g/mol. The summed E-state index contributed by atoms with van der Waals surface area (Å²) in [5.74, 6) is 0.955. The van der Waals surface area contributed by atoms with Crippen molar-refractivity contribution in [1.82, 2.24) is 14.9 Å². The van der Waals surface area contributed by atoms with Gasteiger partial charge in [-0.15, -0.1) is 0 Å². The Morgan fingerprint density at radius 2 is 1.54 bits per heavy atom. The lowest BCUT2D eigenvalue weighted by Gasteiger charge is -2.36. The second-order valence-electron chi connectivity index (χ2n) is 7.58. The highest BCUT2D eigenvalue weighted by Gasteiger charge is 2.26. The standard InChI is InChI=1S/C21H27N5O2/c27-21(28)18-6-8-25(9-7-18)19-14-20(23-16-22-19)26-12-10-24(11-13-26)15-17-4-2-1-3-5-17/h1-5,14,16,18H,6-13,15H2,(H,27,28). The average Bonchev–Trinajstić information content (AvgIpc) is 2.75. The van der Waals surface area contributed by atoms with E-state index in [0.29, 0.717) is 12.8 Å². The molecule has 4 rings (SSSR count). The number of hydrogen-bond donors (Lipinski definition) is 1. The molecular weight excluding hydrogens is 354 g/mol. The van der Waals surface area contributed by atoms with Gasteiger partial charge in [-0.25, -0.2) is 9.97 Å². The summed E-state index contributed by atoms with van der Waals surface area (Å²) >= 11 is 0. The number of benzene rings is 1. The van der Waals surface area contributed by atoms with Crippen molar-refractivity contribution in [2.24, 2.45) is 5.92 Å². The first-order valence-corrected chi connectivity index (χ1v) is 10.00. The third kappa shape index (κ3) is 4.42. The van der Waals surface area contributed by atoms with E-state index in [2.05, 4.69) is 55.0 Å². The van der Waals surface area contributed by atoms with Gasteiger partial charge in [-0.2, -0.15) is 0 Å². The Kier molecular flexibility index (Phi) is 5.71. The van der Waals surface area contributed by atoms with Crippen LogP contribution < -0.4 is 9.80 Å². The van der Waals surface area contributed by atoms with Gasteiger partial charge in [0.2, 0.25) is 0 Å². The lowest BCUT2D eigenvalue weighted by molar-refractivity contribution is -0.142. The number of anilines is 2. The summed E-state index contributed by atoms with van der Waals surface area (Å²) in [6.07, 6.45) is 2.98. The maximum Gasteiger partial charge on any atom is 0.306 e. The first kappa shape index (κ1) is 18.7. The Balaban J connectivity index is 1.33. The fourth-order valence-corrected chi connectivity index (χ4v) is 4.02. The minimum atomic E-state index is -0.684. The highest BCUT2D eigenvalue weighted by molar-refractivity contribution is 5.70. The monoisotopic (exact) mass is 381 g/mol. The number of piperidine rings is 1. The van der Waals surface area contributed by atoms with Crippen LogP contribution in [0.2, 0.25) is 0 Å². The van der Waals surface area contributed by atoms with Crippen LogP contribution in [0.3, 0.4) is 0 Å². The van der Waals surface area contributed by atoms with Crippen LogP contribution in [0.4, 0.5) is 11.6 Å². The lowest BCUT2D eigenvalue weighted by Crippen LogP contribution is -2.46. The second-order valence-corrected chi connectivity index (χ2v) is 7.58. The van der Waals surface area contributed by atoms with Crippen molar-refractivity contribution >= 4 is 17.6 Å². The van der Waals surface area contributed by atoms with Gasteiger partial charge >= 0.3 is 5.97 Å². The van der Waals surface area contributed by atoms with E-state index >= 15 is 0 Å². The second kappa shape index (κ2) is 8.56. The van der Waals surface area contributed by atoms with Gasteiger partial charge in [0.25, 0.3) is 0 Å². The topological polar surface area (TPSA) is 72.8 Å². The maximum absolute atomic E-state index is 11.1. The van der Waals surface area contributed by atoms with Crippen LogP contribution >= 0.6 is 0 Å². The van der Waals surface area contributed by atoms with Gasteiger partial charge in [-0.1, -0.05) is 30.3 Å². The van der Waals surface area contributed by atoms with Crippen LogP contribution in [0.25, 0.3) is 0 Å². The van der Waals surface area contributed by atoms with Crippen LogP contribution in [0.1, 0.15) is 18.4 Å². The first-order valence-electron chi connectivity index (χ1n) is 10.00. The lowest BCUT2D eigenvalue weighted by atomic mass is 9.97. The number of carboxylic acid groups (broad SMARTS) is 1. The van der Waals surface area contributed by atoms with Gasteiger partial charge in [-0.05, 0) is 18.4 Å². The minimum Gasteiger partial charge on any atom is -0.481 e. The zero-order chi connectivity index (χ0) is 19.3. The highest BCUT2D eigenvalue weighted by Crippen LogP contribution is 2.24. The third-order valence-corrected chi connectivity index (χ3v) is 5.75. The van der Waals surface area contributed by atoms with E-state index < -0.39 is 5.97 Å². The molecule has 0 amide bonds.